The summed E-state index contributed by atoms with van der Waals surface area (Å²) in [5.41, 5.74) is 0.719. The van der Waals surface area contributed by atoms with Gasteiger partial charge in [-0.3, -0.25) is 9.59 Å². The summed E-state index contributed by atoms with van der Waals surface area (Å²) < 4.78 is 35.7. The highest BCUT2D eigenvalue weighted by Gasteiger charge is 2.33. The molecule has 3 aromatic heterocycles. The van der Waals surface area contributed by atoms with Crippen LogP contribution >= 0.6 is 0 Å². The normalized spacial score (nSPS) is 25.3. The van der Waals surface area contributed by atoms with Crippen molar-refractivity contribution in [3.8, 4) is 0 Å². The lowest BCUT2D eigenvalue weighted by Crippen LogP contribution is -2.51. The smallest absolute Gasteiger partial charge is 0.274 e. The molecule has 3 N–H and O–H groups in total. The van der Waals surface area contributed by atoms with E-state index in [4.69, 9.17) is 13.6 Å². The molecule has 11 heteroatoms. The molecule has 0 saturated heterocycles. The van der Waals surface area contributed by atoms with E-state index in [2.05, 4.69) is 26.0 Å². The van der Waals surface area contributed by atoms with Gasteiger partial charge in [-0.15, -0.1) is 0 Å². The zero-order valence-corrected chi connectivity index (χ0v) is 20.4. The van der Waals surface area contributed by atoms with Gasteiger partial charge >= 0.3 is 0 Å². The number of ether oxygens (including phenoxy) is 2. The van der Waals surface area contributed by atoms with Crippen LogP contribution in [-0.2, 0) is 9.47 Å². The second-order valence-corrected chi connectivity index (χ2v) is 9.31. The summed E-state index contributed by atoms with van der Waals surface area (Å²) in [7, 11) is 0.915. The Kier molecular flexibility index (Phi) is 5.91. The van der Waals surface area contributed by atoms with E-state index in [0.717, 1.165) is 25.7 Å². The molecule has 5 rings (SSSR count). The van der Waals surface area contributed by atoms with Crippen LogP contribution in [0.5, 0.6) is 0 Å². The first-order valence-electron chi connectivity index (χ1n) is 13.7. The fourth-order valence-corrected chi connectivity index (χ4v) is 4.98. The van der Waals surface area contributed by atoms with Gasteiger partial charge in [0, 0.05) is 39.5 Å². The molecule has 0 aromatic carbocycles. The molecule has 192 valence electrons. The van der Waals surface area contributed by atoms with E-state index in [-0.39, 0.29) is 28.9 Å². The van der Waals surface area contributed by atoms with Crippen LogP contribution in [0.3, 0.4) is 0 Å². The number of carbonyl (C=O) groups excluding carboxylic acids is 1. The second kappa shape index (κ2) is 10.3. The lowest BCUT2D eigenvalue weighted by Gasteiger charge is -2.35. The Hall–Kier alpha value is -3.44. The fourth-order valence-electron chi connectivity index (χ4n) is 4.98. The number of fused-ring (bicyclic) bond motifs is 1. The first kappa shape index (κ1) is 20.7. The number of methoxy groups -OCH3 is 2. The molecule has 1 unspecified atom stereocenters. The molecule has 2 saturated carbocycles. The number of hydrogen-bond acceptors (Lipinski definition) is 8. The van der Waals surface area contributed by atoms with Crippen LogP contribution < -0.4 is 21.5 Å². The monoisotopic (exact) mass is 498 g/mol. The van der Waals surface area contributed by atoms with Crippen molar-refractivity contribution < 1.29 is 18.4 Å². The van der Waals surface area contributed by atoms with Crippen LogP contribution in [0.25, 0.3) is 5.65 Å². The number of aromatic nitrogens is 4. The van der Waals surface area contributed by atoms with Gasteiger partial charge in [0.1, 0.15) is 22.9 Å². The summed E-state index contributed by atoms with van der Waals surface area (Å²) in [5, 5.41) is 13.3. The molecule has 3 heterocycles. The largest absolute Gasteiger partial charge is 0.381 e. The molecular weight excluding hydrogens is 462 g/mol. The van der Waals surface area contributed by atoms with Gasteiger partial charge in [0.15, 0.2) is 5.65 Å². The molecule has 0 aliphatic heterocycles. The molecule has 1 amide bonds. The van der Waals surface area contributed by atoms with Gasteiger partial charge in [-0.2, -0.15) is 9.61 Å². The van der Waals surface area contributed by atoms with E-state index in [1.807, 2.05) is 12.3 Å². The average molecular weight is 499 g/mol. The minimum Gasteiger partial charge on any atom is -0.381 e. The van der Waals surface area contributed by atoms with Crippen molar-refractivity contribution in [3.63, 3.8) is 0 Å². The molecule has 0 radical (unpaired) electrons. The number of pyridine rings is 1. The molecule has 11 nitrogen and oxygen atoms in total. The van der Waals surface area contributed by atoms with Crippen molar-refractivity contribution in [2.24, 2.45) is 0 Å². The predicted octanol–water partition coefficient (Wildman–Crippen LogP) is 2.71. The number of anilines is 3. The quantitative estimate of drug-likeness (QED) is 0.433. The van der Waals surface area contributed by atoms with Gasteiger partial charge in [-0.1, -0.05) is 0 Å². The van der Waals surface area contributed by atoms with E-state index in [1.165, 1.54) is 10.7 Å². The van der Waals surface area contributed by atoms with Crippen LogP contribution in [0.4, 0.5) is 17.3 Å². The van der Waals surface area contributed by atoms with Crippen molar-refractivity contribution >= 4 is 28.9 Å². The number of nitrogens with zero attached hydrogens (tertiary/aromatic N) is 4. The minimum absolute atomic E-state index is 0.101. The van der Waals surface area contributed by atoms with Crippen molar-refractivity contribution in [2.45, 2.75) is 62.8 Å². The summed E-state index contributed by atoms with van der Waals surface area (Å²) >= 11 is 0. The van der Waals surface area contributed by atoms with Crippen molar-refractivity contribution in [2.75, 3.05) is 31.8 Å². The Bertz CT molecular complexity index is 1400. The Morgan fingerprint density at radius 3 is 2.72 bits per heavy atom. The van der Waals surface area contributed by atoms with Gasteiger partial charge in [0.25, 0.3) is 11.5 Å². The maximum atomic E-state index is 13.3. The van der Waals surface area contributed by atoms with E-state index >= 15 is 0 Å². The van der Waals surface area contributed by atoms with Crippen molar-refractivity contribution in [1.29, 1.82) is 0 Å². The SMILES string of the molecule is [2H]C([2H])([2H])O[C@@H]1CCC1NC(=O)c1cnn2c(NC)cc(Nc3cccn(C4CCC(OC)CC4)c3=O)nc12. The van der Waals surface area contributed by atoms with Crippen LogP contribution in [0, 0.1) is 0 Å². The molecule has 2 atom stereocenters. The molecule has 2 fully saturated rings. The molecule has 2 aliphatic rings. The molecule has 2 aliphatic carbocycles. The van der Waals surface area contributed by atoms with E-state index in [1.54, 1.807) is 30.9 Å². The van der Waals surface area contributed by atoms with Crippen molar-refractivity contribution in [3.05, 3.63) is 46.5 Å². The highest BCUT2D eigenvalue weighted by atomic mass is 16.5. The number of nitrogens with one attached hydrogen (secondary N) is 3. The highest BCUT2D eigenvalue weighted by molar-refractivity contribution is 6.00. The lowest BCUT2D eigenvalue weighted by atomic mass is 9.89. The van der Waals surface area contributed by atoms with Gasteiger partial charge in [0.2, 0.25) is 0 Å². The van der Waals surface area contributed by atoms with E-state index in [0.29, 0.717) is 30.2 Å². The Morgan fingerprint density at radius 2 is 2.03 bits per heavy atom. The predicted molar refractivity (Wildman–Crippen MR) is 136 cm³/mol. The van der Waals surface area contributed by atoms with Gasteiger partial charge in [-0.25, -0.2) is 4.98 Å². The summed E-state index contributed by atoms with van der Waals surface area (Å²) in [5.74, 6) is 0.490. The zero-order chi connectivity index (χ0) is 27.7. The summed E-state index contributed by atoms with van der Waals surface area (Å²) in [6, 6.07) is 4.92. The maximum Gasteiger partial charge on any atom is 0.274 e. The highest BCUT2D eigenvalue weighted by Crippen LogP contribution is 2.29. The third-order valence-corrected chi connectivity index (χ3v) is 7.26. The standard InChI is InChI=1S/C25H33N7O4/c1-26-22-13-21(28-19-5-4-12-31(25(19)34)15-6-8-16(35-2)9-7-15)30-23-17(14-27-32(22)23)24(33)29-18-10-11-20(18)36-3/h4-5,12-16,18,20,26H,6-11H2,1-3H3,(H,28,30)(H,29,33)/t15?,16?,18?,20-/m1/s1/i3D3. The number of rotatable bonds is 8. The third-order valence-electron chi connectivity index (χ3n) is 7.26. The third kappa shape index (κ3) is 4.56. The minimum atomic E-state index is -2.53. The Morgan fingerprint density at radius 1 is 1.19 bits per heavy atom. The van der Waals surface area contributed by atoms with Crippen LogP contribution in [0.15, 0.2) is 35.4 Å². The summed E-state index contributed by atoms with van der Waals surface area (Å²) in [4.78, 5) is 31.1. The topological polar surface area (TPSA) is 124 Å². The molecule has 36 heavy (non-hydrogen) atoms. The summed E-state index contributed by atoms with van der Waals surface area (Å²) in [6.07, 6.45) is 7.59. The van der Waals surface area contributed by atoms with Crippen molar-refractivity contribution in [1.82, 2.24) is 24.5 Å². The number of hydrogen-bond donors (Lipinski definition) is 3. The molecule has 0 spiro atoms. The first-order valence-corrected chi connectivity index (χ1v) is 12.2. The van der Waals surface area contributed by atoms with E-state index < -0.39 is 25.1 Å². The van der Waals surface area contributed by atoms with Gasteiger partial charge in [-0.05, 0) is 50.7 Å². The maximum absolute atomic E-state index is 13.3. The second-order valence-electron chi connectivity index (χ2n) is 9.31. The molecular formula is C25H33N7O4. The van der Waals surface area contributed by atoms with Gasteiger partial charge in [0.05, 0.1) is 28.6 Å². The number of carbonyl (C=O) groups is 1. The summed E-state index contributed by atoms with van der Waals surface area (Å²) in [6.45, 7) is 0. The molecule has 0 bridgehead atoms. The Labute approximate surface area is 213 Å². The first-order chi connectivity index (χ1) is 18.7. The molecule has 3 aromatic rings. The van der Waals surface area contributed by atoms with Gasteiger partial charge < -0.3 is 30.0 Å². The number of amides is 1. The van der Waals surface area contributed by atoms with E-state index in [9.17, 15) is 9.59 Å². The van der Waals surface area contributed by atoms with Crippen LogP contribution in [0.1, 0.15) is 59.0 Å². The van der Waals surface area contributed by atoms with Crippen LogP contribution in [-0.4, -0.2) is 64.5 Å². The fraction of sp³-hybridized carbons (Fsp3) is 0.520. The lowest BCUT2D eigenvalue weighted by molar-refractivity contribution is 0.00732. The average Bonchev–Trinajstić information content (AvgIpc) is 3.34. The zero-order valence-electron chi connectivity index (χ0n) is 23.4. The van der Waals surface area contributed by atoms with Crippen LogP contribution in [0.2, 0.25) is 0 Å². The Balaban J connectivity index is 1.38.